The maximum Gasteiger partial charge on any atom is 0.341 e. The van der Waals surface area contributed by atoms with Crippen molar-refractivity contribution in [3.8, 4) is 0 Å². The minimum Gasteiger partial charge on any atom is -0.428 e. The van der Waals surface area contributed by atoms with Crippen LogP contribution in [0.3, 0.4) is 0 Å². The zero-order valence-electron chi connectivity index (χ0n) is 18.9. The van der Waals surface area contributed by atoms with Crippen molar-refractivity contribution in [2.75, 3.05) is 11.9 Å². The van der Waals surface area contributed by atoms with Gasteiger partial charge in [0, 0.05) is 31.1 Å². The average molecular weight is 438 g/mol. The molecule has 0 bridgehead atoms. The second-order valence-corrected chi connectivity index (χ2v) is 8.64. The van der Waals surface area contributed by atoms with Crippen LogP contribution in [0.5, 0.6) is 0 Å². The van der Waals surface area contributed by atoms with Gasteiger partial charge < -0.3 is 19.5 Å². The summed E-state index contributed by atoms with van der Waals surface area (Å²) in [7, 11) is 1.79. The number of nitrogens with zero attached hydrogens (tertiary/aromatic N) is 1. The van der Waals surface area contributed by atoms with Gasteiger partial charge in [0.2, 0.25) is 12.2 Å². The molecule has 3 rings (SSSR count). The van der Waals surface area contributed by atoms with E-state index < -0.39 is 12.3 Å². The SMILES string of the molecule is CC(C)c1ccc(N(C)C(=O)CCCC(CCC=O)c2ccc3c(c2)C(=O)OC3O)cc1. The van der Waals surface area contributed by atoms with Gasteiger partial charge in [0.1, 0.15) is 6.29 Å². The minimum atomic E-state index is -1.22. The zero-order chi connectivity index (χ0) is 23.3. The summed E-state index contributed by atoms with van der Waals surface area (Å²) < 4.78 is 4.86. The van der Waals surface area contributed by atoms with E-state index in [0.29, 0.717) is 42.7 Å². The number of aliphatic hydroxyl groups excluding tert-OH is 1. The second-order valence-electron chi connectivity index (χ2n) is 8.64. The molecular weight excluding hydrogens is 406 g/mol. The molecule has 2 atom stereocenters. The number of ether oxygens (including phenoxy) is 1. The van der Waals surface area contributed by atoms with Crippen molar-refractivity contribution in [3.63, 3.8) is 0 Å². The lowest BCUT2D eigenvalue weighted by Crippen LogP contribution is -2.25. The molecule has 6 heteroatoms. The first-order chi connectivity index (χ1) is 15.3. The summed E-state index contributed by atoms with van der Waals surface area (Å²) in [5.74, 6) is -0.0157. The minimum absolute atomic E-state index is 0.0390. The monoisotopic (exact) mass is 437 g/mol. The molecule has 2 unspecified atom stereocenters. The van der Waals surface area contributed by atoms with Crippen molar-refractivity contribution >= 4 is 23.9 Å². The van der Waals surface area contributed by atoms with E-state index in [1.165, 1.54) is 5.56 Å². The van der Waals surface area contributed by atoms with E-state index in [2.05, 4.69) is 26.0 Å². The van der Waals surface area contributed by atoms with Crippen molar-refractivity contribution < 1.29 is 24.2 Å². The van der Waals surface area contributed by atoms with Gasteiger partial charge in [-0.25, -0.2) is 4.79 Å². The number of carbonyl (C=O) groups excluding carboxylic acids is 3. The highest BCUT2D eigenvalue weighted by Gasteiger charge is 2.30. The molecule has 1 aliphatic heterocycles. The first kappa shape index (κ1) is 23.7. The Morgan fingerprint density at radius 3 is 2.47 bits per heavy atom. The number of hydrogen-bond donors (Lipinski definition) is 1. The molecule has 0 aromatic heterocycles. The predicted molar refractivity (Wildman–Crippen MR) is 123 cm³/mol. The van der Waals surface area contributed by atoms with Gasteiger partial charge in [0.05, 0.1) is 5.56 Å². The third-order valence-electron chi connectivity index (χ3n) is 6.15. The molecule has 1 amide bonds. The van der Waals surface area contributed by atoms with E-state index in [9.17, 15) is 19.5 Å². The number of aldehydes is 1. The summed E-state index contributed by atoms with van der Waals surface area (Å²) >= 11 is 0. The Hall–Kier alpha value is -2.99. The number of cyclic esters (lactones) is 1. The van der Waals surface area contributed by atoms with Crippen LogP contribution >= 0.6 is 0 Å². The summed E-state index contributed by atoms with van der Waals surface area (Å²) in [6.45, 7) is 4.27. The van der Waals surface area contributed by atoms with E-state index in [-0.39, 0.29) is 11.8 Å². The fourth-order valence-corrected chi connectivity index (χ4v) is 4.09. The molecule has 2 aromatic carbocycles. The van der Waals surface area contributed by atoms with Crippen molar-refractivity contribution in [3.05, 3.63) is 64.7 Å². The quantitative estimate of drug-likeness (QED) is 0.424. The molecule has 1 heterocycles. The van der Waals surface area contributed by atoms with Gasteiger partial charge in [-0.2, -0.15) is 0 Å². The summed E-state index contributed by atoms with van der Waals surface area (Å²) in [5, 5.41) is 9.78. The van der Waals surface area contributed by atoms with E-state index in [1.807, 2.05) is 18.2 Å². The maximum atomic E-state index is 12.7. The number of rotatable bonds is 10. The number of anilines is 1. The predicted octanol–water partition coefficient (Wildman–Crippen LogP) is 4.87. The van der Waals surface area contributed by atoms with E-state index in [1.54, 1.807) is 24.1 Å². The Balaban J connectivity index is 1.62. The number of benzene rings is 2. The smallest absolute Gasteiger partial charge is 0.341 e. The first-order valence-electron chi connectivity index (χ1n) is 11.1. The number of amides is 1. The molecule has 0 radical (unpaired) electrons. The largest absolute Gasteiger partial charge is 0.428 e. The lowest BCUT2D eigenvalue weighted by Gasteiger charge is -2.20. The molecule has 2 aromatic rings. The molecule has 1 N–H and O–H groups in total. The van der Waals surface area contributed by atoms with Crippen LogP contribution in [0.1, 0.15) is 91.1 Å². The third kappa shape index (κ3) is 5.43. The average Bonchev–Trinajstić information content (AvgIpc) is 3.08. The Bertz CT molecular complexity index is 967. The van der Waals surface area contributed by atoms with E-state index >= 15 is 0 Å². The van der Waals surface area contributed by atoms with Crippen LogP contribution in [0, 0.1) is 0 Å². The topological polar surface area (TPSA) is 83.9 Å². The van der Waals surface area contributed by atoms with Gasteiger partial charge in [0.25, 0.3) is 0 Å². The summed E-state index contributed by atoms with van der Waals surface area (Å²) in [4.78, 5) is 37.3. The van der Waals surface area contributed by atoms with Gasteiger partial charge in [-0.05, 0) is 60.4 Å². The molecular formula is C26H31NO5. The van der Waals surface area contributed by atoms with Gasteiger partial charge in [-0.3, -0.25) is 4.79 Å². The van der Waals surface area contributed by atoms with Crippen LogP contribution in [0.25, 0.3) is 0 Å². The number of fused-ring (bicyclic) bond motifs is 1. The van der Waals surface area contributed by atoms with Crippen LogP contribution < -0.4 is 4.90 Å². The molecule has 0 spiro atoms. The van der Waals surface area contributed by atoms with Crippen molar-refractivity contribution in [1.29, 1.82) is 0 Å². The summed E-state index contributed by atoms with van der Waals surface area (Å²) in [6.07, 6.45) is 2.49. The molecule has 1 aliphatic rings. The summed E-state index contributed by atoms with van der Waals surface area (Å²) in [5.41, 5.74) is 3.85. The Kier molecular flexibility index (Phi) is 7.80. The van der Waals surface area contributed by atoms with Crippen LogP contribution in [0.4, 0.5) is 5.69 Å². The molecule has 0 saturated carbocycles. The zero-order valence-corrected chi connectivity index (χ0v) is 18.9. The number of hydrogen-bond acceptors (Lipinski definition) is 5. The van der Waals surface area contributed by atoms with Gasteiger partial charge >= 0.3 is 5.97 Å². The molecule has 0 aliphatic carbocycles. The molecule has 32 heavy (non-hydrogen) atoms. The van der Waals surface area contributed by atoms with Gasteiger partial charge in [0.15, 0.2) is 0 Å². The Morgan fingerprint density at radius 2 is 1.81 bits per heavy atom. The van der Waals surface area contributed by atoms with Crippen molar-refractivity contribution in [1.82, 2.24) is 0 Å². The standard InChI is InChI=1S/C26H31NO5/c1-17(2)18-9-12-21(13-10-18)27(3)24(29)8-4-6-19(7-5-15-28)20-11-14-22-23(16-20)26(31)32-25(22)30/h9-17,19,25,30H,4-8H2,1-3H3. The fraction of sp³-hybridized carbons (Fsp3) is 0.423. The highest BCUT2D eigenvalue weighted by atomic mass is 16.6. The second kappa shape index (κ2) is 10.6. The Morgan fingerprint density at radius 1 is 1.12 bits per heavy atom. The van der Waals surface area contributed by atoms with Crippen LogP contribution in [0.2, 0.25) is 0 Å². The maximum absolute atomic E-state index is 12.7. The lowest BCUT2D eigenvalue weighted by molar-refractivity contribution is -0.118. The molecule has 170 valence electrons. The first-order valence-corrected chi connectivity index (χ1v) is 11.1. The van der Waals surface area contributed by atoms with Crippen molar-refractivity contribution in [2.24, 2.45) is 0 Å². The lowest BCUT2D eigenvalue weighted by atomic mass is 9.88. The van der Waals surface area contributed by atoms with Crippen LogP contribution in [0.15, 0.2) is 42.5 Å². The van der Waals surface area contributed by atoms with Crippen LogP contribution in [-0.4, -0.2) is 30.3 Å². The summed E-state index contributed by atoms with van der Waals surface area (Å²) in [6, 6.07) is 13.4. The number of carbonyl (C=O) groups is 3. The number of aliphatic hydroxyl groups is 1. The highest BCUT2D eigenvalue weighted by molar-refractivity contribution is 5.94. The van der Waals surface area contributed by atoms with Crippen LogP contribution in [-0.2, 0) is 14.3 Å². The van der Waals surface area contributed by atoms with Gasteiger partial charge in [-0.1, -0.05) is 38.1 Å². The normalized spacial score (nSPS) is 15.9. The van der Waals surface area contributed by atoms with Gasteiger partial charge in [-0.15, -0.1) is 0 Å². The molecule has 0 fully saturated rings. The molecule has 0 saturated heterocycles. The van der Waals surface area contributed by atoms with Crippen molar-refractivity contribution in [2.45, 2.75) is 64.1 Å². The Labute approximate surface area is 189 Å². The fourth-order valence-electron chi connectivity index (χ4n) is 4.09. The third-order valence-corrected chi connectivity index (χ3v) is 6.15. The number of esters is 1. The highest BCUT2D eigenvalue weighted by Crippen LogP contribution is 2.34. The van der Waals surface area contributed by atoms with E-state index in [0.717, 1.165) is 24.0 Å². The van der Waals surface area contributed by atoms with E-state index in [4.69, 9.17) is 4.74 Å². The molecule has 6 nitrogen and oxygen atoms in total.